The van der Waals surface area contributed by atoms with Crippen LogP contribution in [0.5, 0.6) is 5.75 Å². The Balaban J connectivity index is 1.59. The first-order valence-electron chi connectivity index (χ1n) is 8.17. The number of rotatable bonds is 7. The smallest absolute Gasteiger partial charge is 0.255 e. The molecule has 0 saturated heterocycles. The number of ether oxygens (including phenoxy) is 1. The van der Waals surface area contributed by atoms with Crippen molar-refractivity contribution in [1.29, 1.82) is 0 Å². The van der Waals surface area contributed by atoms with Crippen molar-refractivity contribution < 1.29 is 4.74 Å². The van der Waals surface area contributed by atoms with E-state index >= 15 is 0 Å². The Morgan fingerprint density at radius 2 is 1.72 bits per heavy atom. The molecule has 1 N–H and O–H groups in total. The molecule has 5 heteroatoms. The number of benzene rings is 2. The van der Waals surface area contributed by atoms with Crippen LogP contribution in [0.4, 0.5) is 0 Å². The third-order valence-corrected chi connectivity index (χ3v) is 4.60. The van der Waals surface area contributed by atoms with Gasteiger partial charge in [0.05, 0.1) is 6.61 Å². The van der Waals surface area contributed by atoms with Gasteiger partial charge in [-0.3, -0.25) is 4.79 Å². The van der Waals surface area contributed by atoms with Crippen molar-refractivity contribution in [3.8, 4) is 5.75 Å². The predicted octanol–water partition coefficient (Wildman–Crippen LogP) is 3.84. The molecule has 0 spiro atoms. The SMILES string of the molecule is Cc1nc(SCCOc2ccccc2)[nH]c(=O)c1Cc1ccccc1. The van der Waals surface area contributed by atoms with Crippen molar-refractivity contribution in [2.75, 3.05) is 12.4 Å². The summed E-state index contributed by atoms with van der Waals surface area (Å²) in [6.07, 6.45) is 0.594. The van der Waals surface area contributed by atoms with Crippen LogP contribution in [0.3, 0.4) is 0 Å². The number of H-pyrrole nitrogens is 1. The van der Waals surface area contributed by atoms with Crippen LogP contribution in [0.25, 0.3) is 0 Å². The van der Waals surface area contributed by atoms with Gasteiger partial charge in [-0.2, -0.15) is 0 Å². The van der Waals surface area contributed by atoms with Crippen LogP contribution in [0.2, 0.25) is 0 Å². The summed E-state index contributed by atoms with van der Waals surface area (Å²) < 4.78 is 5.65. The van der Waals surface area contributed by atoms with Gasteiger partial charge in [0.25, 0.3) is 5.56 Å². The number of hydrogen-bond acceptors (Lipinski definition) is 4. The van der Waals surface area contributed by atoms with Gasteiger partial charge in [0, 0.05) is 23.4 Å². The zero-order chi connectivity index (χ0) is 17.5. The number of aromatic amines is 1. The molecule has 0 fully saturated rings. The Labute approximate surface area is 151 Å². The Morgan fingerprint density at radius 3 is 2.40 bits per heavy atom. The molecule has 0 unspecified atom stereocenters. The van der Waals surface area contributed by atoms with E-state index in [0.717, 1.165) is 28.3 Å². The minimum atomic E-state index is -0.0668. The van der Waals surface area contributed by atoms with Crippen molar-refractivity contribution in [3.63, 3.8) is 0 Å². The summed E-state index contributed by atoms with van der Waals surface area (Å²) >= 11 is 1.49. The first-order chi connectivity index (χ1) is 12.2. The van der Waals surface area contributed by atoms with Crippen LogP contribution in [-0.4, -0.2) is 22.3 Å². The number of hydrogen-bond donors (Lipinski definition) is 1. The van der Waals surface area contributed by atoms with Crippen molar-refractivity contribution in [2.45, 2.75) is 18.5 Å². The van der Waals surface area contributed by atoms with E-state index in [2.05, 4.69) is 9.97 Å². The van der Waals surface area contributed by atoms with Crippen LogP contribution < -0.4 is 10.3 Å². The number of thioether (sulfide) groups is 1. The molecule has 4 nitrogen and oxygen atoms in total. The molecule has 25 heavy (non-hydrogen) atoms. The number of aryl methyl sites for hydroxylation is 1. The third-order valence-electron chi connectivity index (χ3n) is 3.76. The van der Waals surface area contributed by atoms with E-state index in [1.165, 1.54) is 11.8 Å². The van der Waals surface area contributed by atoms with Gasteiger partial charge in [0.15, 0.2) is 5.16 Å². The summed E-state index contributed by atoms with van der Waals surface area (Å²) in [6, 6.07) is 19.6. The number of aromatic nitrogens is 2. The monoisotopic (exact) mass is 352 g/mol. The molecule has 0 saturated carbocycles. The first kappa shape index (κ1) is 17.3. The summed E-state index contributed by atoms with van der Waals surface area (Å²) in [5.41, 5.74) is 2.53. The van der Waals surface area contributed by atoms with Gasteiger partial charge in [-0.25, -0.2) is 4.98 Å². The van der Waals surface area contributed by atoms with Crippen LogP contribution in [0.1, 0.15) is 16.8 Å². The second-order valence-electron chi connectivity index (χ2n) is 5.61. The summed E-state index contributed by atoms with van der Waals surface area (Å²) in [4.78, 5) is 19.8. The molecule has 0 bridgehead atoms. The Morgan fingerprint density at radius 1 is 1.04 bits per heavy atom. The predicted molar refractivity (Wildman–Crippen MR) is 102 cm³/mol. The lowest BCUT2D eigenvalue weighted by Gasteiger charge is -2.08. The number of para-hydroxylation sites is 1. The molecule has 2 aromatic carbocycles. The van der Waals surface area contributed by atoms with E-state index in [-0.39, 0.29) is 5.56 Å². The Kier molecular flexibility index (Phi) is 5.90. The maximum atomic E-state index is 12.4. The Bertz CT molecular complexity index is 864. The lowest BCUT2D eigenvalue weighted by Crippen LogP contribution is -2.18. The van der Waals surface area contributed by atoms with Gasteiger partial charge in [-0.15, -0.1) is 0 Å². The maximum Gasteiger partial charge on any atom is 0.255 e. The highest BCUT2D eigenvalue weighted by atomic mass is 32.2. The Hall–Kier alpha value is -2.53. The average Bonchev–Trinajstić information content (AvgIpc) is 2.64. The molecule has 3 aromatic rings. The first-order valence-corrected chi connectivity index (χ1v) is 9.15. The van der Waals surface area contributed by atoms with Crippen LogP contribution in [-0.2, 0) is 6.42 Å². The zero-order valence-corrected chi connectivity index (χ0v) is 14.9. The fourth-order valence-electron chi connectivity index (χ4n) is 2.48. The summed E-state index contributed by atoms with van der Waals surface area (Å²) in [6.45, 7) is 2.45. The average molecular weight is 352 g/mol. The minimum absolute atomic E-state index is 0.0668. The molecule has 0 atom stereocenters. The fourth-order valence-corrected chi connectivity index (χ4v) is 3.20. The van der Waals surface area contributed by atoms with Gasteiger partial charge in [0.2, 0.25) is 0 Å². The molecule has 0 amide bonds. The minimum Gasteiger partial charge on any atom is -0.493 e. The molecular weight excluding hydrogens is 332 g/mol. The van der Waals surface area contributed by atoms with Crippen LogP contribution in [0.15, 0.2) is 70.6 Å². The molecular formula is C20H20N2O2S. The molecule has 1 aromatic heterocycles. The van der Waals surface area contributed by atoms with E-state index in [1.807, 2.05) is 67.6 Å². The third kappa shape index (κ3) is 4.97. The van der Waals surface area contributed by atoms with E-state index in [0.29, 0.717) is 18.2 Å². The van der Waals surface area contributed by atoms with E-state index < -0.39 is 0 Å². The molecule has 3 rings (SSSR count). The second-order valence-corrected chi connectivity index (χ2v) is 6.69. The van der Waals surface area contributed by atoms with Crippen LogP contribution in [0, 0.1) is 6.92 Å². The number of nitrogens with zero attached hydrogens (tertiary/aromatic N) is 1. The summed E-state index contributed by atoms with van der Waals surface area (Å²) in [5, 5.41) is 0.635. The fraction of sp³-hybridized carbons (Fsp3) is 0.200. The van der Waals surface area contributed by atoms with Gasteiger partial charge in [0.1, 0.15) is 5.75 Å². The largest absolute Gasteiger partial charge is 0.493 e. The second kappa shape index (κ2) is 8.53. The van der Waals surface area contributed by atoms with Gasteiger partial charge < -0.3 is 9.72 Å². The van der Waals surface area contributed by atoms with Crippen molar-refractivity contribution in [2.24, 2.45) is 0 Å². The number of nitrogens with one attached hydrogen (secondary N) is 1. The molecule has 0 aliphatic heterocycles. The summed E-state index contributed by atoms with van der Waals surface area (Å²) in [7, 11) is 0. The standard InChI is InChI=1S/C20H20N2O2S/c1-15-18(14-16-8-4-2-5-9-16)19(23)22-20(21-15)25-13-12-24-17-10-6-3-7-11-17/h2-11H,12-14H2,1H3,(H,21,22,23). The topological polar surface area (TPSA) is 55.0 Å². The normalized spacial score (nSPS) is 10.6. The lowest BCUT2D eigenvalue weighted by atomic mass is 10.1. The van der Waals surface area contributed by atoms with E-state index in [4.69, 9.17) is 4.74 Å². The highest BCUT2D eigenvalue weighted by Gasteiger charge is 2.09. The van der Waals surface area contributed by atoms with Gasteiger partial charge >= 0.3 is 0 Å². The van der Waals surface area contributed by atoms with Gasteiger partial charge in [-0.05, 0) is 24.6 Å². The van der Waals surface area contributed by atoms with E-state index in [9.17, 15) is 4.79 Å². The van der Waals surface area contributed by atoms with Crippen LogP contribution >= 0.6 is 11.8 Å². The highest BCUT2D eigenvalue weighted by molar-refractivity contribution is 7.99. The molecule has 0 radical (unpaired) electrons. The zero-order valence-electron chi connectivity index (χ0n) is 14.1. The highest BCUT2D eigenvalue weighted by Crippen LogP contribution is 2.15. The maximum absolute atomic E-state index is 12.4. The van der Waals surface area contributed by atoms with Crippen molar-refractivity contribution in [1.82, 2.24) is 9.97 Å². The summed E-state index contributed by atoms with van der Waals surface area (Å²) in [5.74, 6) is 1.56. The molecule has 128 valence electrons. The van der Waals surface area contributed by atoms with E-state index in [1.54, 1.807) is 0 Å². The molecule has 0 aliphatic carbocycles. The molecule has 0 aliphatic rings. The van der Waals surface area contributed by atoms with Crippen molar-refractivity contribution in [3.05, 3.63) is 87.8 Å². The quantitative estimate of drug-likeness (QED) is 0.399. The lowest BCUT2D eigenvalue weighted by molar-refractivity contribution is 0.344. The van der Waals surface area contributed by atoms with Crippen molar-refractivity contribution >= 4 is 11.8 Å². The van der Waals surface area contributed by atoms with Gasteiger partial charge in [-0.1, -0.05) is 60.3 Å². The molecule has 1 heterocycles.